The molecule has 1 aromatic heterocycles. The van der Waals surface area contributed by atoms with E-state index in [1.165, 1.54) is 12.1 Å². The molecule has 0 saturated carbocycles. The quantitative estimate of drug-likeness (QED) is 0.747. The summed E-state index contributed by atoms with van der Waals surface area (Å²) in [6.07, 6.45) is 0.612. The molecule has 0 amide bonds. The lowest BCUT2D eigenvalue weighted by molar-refractivity contribution is 0.112. The Morgan fingerprint density at radius 1 is 1.47 bits per heavy atom. The van der Waals surface area contributed by atoms with Gasteiger partial charge in [-0.05, 0) is 19.1 Å². The van der Waals surface area contributed by atoms with Crippen molar-refractivity contribution in [2.45, 2.75) is 6.92 Å². The van der Waals surface area contributed by atoms with Crippen LogP contribution < -0.4 is 5.56 Å². The van der Waals surface area contributed by atoms with Gasteiger partial charge in [-0.25, -0.2) is 4.98 Å². The van der Waals surface area contributed by atoms with E-state index in [0.29, 0.717) is 33.6 Å². The van der Waals surface area contributed by atoms with Crippen molar-refractivity contribution in [2.24, 2.45) is 0 Å². The first-order chi connectivity index (χ1) is 7.11. The van der Waals surface area contributed by atoms with E-state index in [4.69, 9.17) is 11.6 Å². The third kappa shape index (κ3) is 1.64. The molecule has 1 heterocycles. The number of carbonyl (C=O) groups is 1. The maximum atomic E-state index is 11.5. The zero-order chi connectivity index (χ0) is 11.0. The van der Waals surface area contributed by atoms with Crippen LogP contribution in [0.25, 0.3) is 10.9 Å². The number of carbonyl (C=O) groups excluding carboxylic acids is 1. The van der Waals surface area contributed by atoms with Crippen molar-refractivity contribution in [3.8, 4) is 0 Å². The average Bonchev–Trinajstić information content (AvgIpc) is 2.16. The van der Waals surface area contributed by atoms with E-state index in [9.17, 15) is 9.59 Å². The van der Waals surface area contributed by atoms with E-state index in [0.717, 1.165) is 0 Å². The highest BCUT2D eigenvalue weighted by molar-refractivity contribution is 6.33. The van der Waals surface area contributed by atoms with E-state index >= 15 is 0 Å². The van der Waals surface area contributed by atoms with Crippen LogP contribution in [0, 0.1) is 6.92 Å². The highest BCUT2D eigenvalue weighted by Gasteiger charge is 2.06. The topological polar surface area (TPSA) is 62.8 Å². The fourth-order valence-corrected chi connectivity index (χ4v) is 1.59. The van der Waals surface area contributed by atoms with Gasteiger partial charge in [-0.1, -0.05) is 11.6 Å². The highest BCUT2D eigenvalue weighted by Crippen LogP contribution is 2.19. The Morgan fingerprint density at radius 3 is 2.87 bits per heavy atom. The van der Waals surface area contributed by atoms with Crippen LogP contribution in [-0.4, -0.2) is 16.3 Å². The van der Waals surface area contributed by atoms with E-state index in [1.54, 1.807) is 6.92 Å². The zero-order valence-corrected chi connectivity index (χ0v) is 8.63. The zero-order valence-electron chi connectivity index (χ0n) is 7.87. The van der Waals surface area contributed by atoms with Crippen LogP contribution in [0.1, 0.15) is 16.2 Å². The molecule has 0 atom stereocenters. The number of aromatic nitrogens is 2. The van der Waals surface area contributed by atoms with Crippen molar-refractivity contribution in [1.82, 2.24) is 9.97 Å². The van der Waals surface area contributed by atoms with E-state index in [2.05, 4.69) is 9.97 Å². The number of hydrogen-bond donors (Lipinski definition) is 1. The fourth-order valence-electron chi connectivity index (χ4n) is 1.38. The molecule has 2 aromatic rings. The van der Waals surface area contributed by atoms with Crippen LogP contribution in [-0.2, 0) is 0 Å². The number of benzene rings is 1. The van der Waals surface area contributed by atoms with E-state index in [-0.39, 0.29) is 5.56 Å². The summed E-state index contributed by atoms with van der Waals surface area (Å²) in [7, 11) is 0. The first-order valence-electron chi connectivity index (χ1n) is 4.27. The van der Waals surface area contributed by atoms with Gasteiger partial charge in [0.1, 0.15) is 5.82 Å². The van der Waals surface area contributed by atoms with Crippen molar-refractivity contribution < 1.29 is 4.79 Å². The molecule has 0 aliphatic carbocycles. The molecule has 1 aromatic carbocycles. The third-order valence-electron chi connectivity index (χ3n) is 2.07. The summed E-state index contributed by atoms with van der Waals surface area (Å²) >= 11 is 5.82. The molecule has 1 N–H and O–H groups in total. The maximum absolute atomic E-state index is 11.5. The van der Waals surface area contributed by atoms with Gasteiger partial charge >= 0.3 is 0 Å². The Balaban J connectivity index is 2.93. The van der Waals surface area contributed by atoms with Crippen LogP contribution >= 0.6 is 11.6 Å². The second kappa shape index (κ2) is 3.47. The molecule has 0 fully saturated rings. The molecule has 0 bridgehead atoms. The first-order valence-corrected chi connectivity index (χ1v) is 4.65. The van der Waals surface area contributed by atoms with Crippen LogP contribution in [0.2, 0.25) is 5.02 Å². The van der Waals surface area contributed by atoms with E-state index in [1.807, 2.05) is 0 Å². The number of fused-ring (bicyclic) bond motifs is 1. The van der Waals surface area contributed by atoms with Crippen molar-refractivity contribution in [3.05, 3.63) is 38.9 Å². The van der Waals surface area contributed by atoms with Gasteiger partial charge in [0.25, 0.3) is 5.56 Å². The van der Waals surface area contributed by atoms with Crippen molar-refractivity contribution in [3.63, 3.8) is 0 Å². The molecule has 0 aliphatic heterocycles. The number of aromatic amines is 1. The lowest BCUT2D eigenvalue weighted by Gasteiger charge is -2.01. The molecular formula is C10H7ClN2O2. The van der Waals surface area contributed by atoms with Gasteiger partial charge in [-0.15, -0.1) is 0 Å². The van der Waals surface area contributed by atoms with Crippen LogP contribution in [0.4, 0.5) is 0 Å². The number of rotatable bonds is 1. The normalized spacial score (nSPS) is 10.5. The molecule has 4 nitrogen and oxygen atoms in total. The minimum Gasteiger partial charge on any atom is -0.310 e. The second-order valence-electron chi connectivity index (χ2n) is 3.16. The predicted molar refractivity (Wildman–Crippen MR) is 57.5 cm³/mol. The standard InChI is InChI=1S/C10H7ClN2O2/c1-5-12-9-3-8(11)6(4-14)2-7(9)10(15)13-5/h2-4H,1H3,(H,12,13,15). The summed E-state index contributed by atoms with van der Waals surface area (Å²) in [6, 6.07) is 2.96. The predicted octanol–water partition coefficient (Wildman–Crippen LogP) is 1.70. The summed E-state index contributed by atoms with van der Waals surface area (Å²) in [6.45, 7) is 1.68. The number of aryl methyl sites for hydroxylation is 1. The van der Waals surface area contributed by atoms with Crippen molar-refractivity contribution in [1.29, 1.82) is 0 Å². The number of halogens is 1. The van der Waals surface area contributed by atoms with Crippen molar-refractivity contribution >= 4 is 28.8 Å². The molecule has 0 spiro atoms. The number of H-pyrrole nitrogens is 1. The largest absolute Gasteiger partial charge is 0.310 e. The van der Waals surface area contributed by atoms with Crippen LogP contribution in [0.3, 0.4) is 0 Å². The number of hydrogen-bond acceptors (Lipinski definition) is 3. The maximum Gasteiger partial charge on any atom is 0.258 e. The molecule has 2 rings (SSSR count). The number of aldehydes is 1. The summed E-state index contributed by atoms with van der Waals surface area (Å²) in [5.74, 6) is 0.516. The molecule has 76 valence electrons. The molecular weight excluding hydrogens is 216 g/mol. The van der Waals surface area contributed by atoms with Gasteiger partial charge in [-0.2, -0.15) is 0 Å². The van der Waals surface area contributed by atoms with E-state index < -0.39 is 0 Å². The third-order valence-corrected chi connectivity index (χ3v) is 2.40. The second-order valence-corrected chi connectivity index (χ2v) is 3.57. The smallest absolute Gasteiger partial charge is 0.258 e. The summed E-state index contributed by atoms with van der Waals surface area (Å²) in [4.78, 5) is 28.8. The molecule has 0 saturated heterocycles. The summed E-state index contributed by atoms with van der Waals surface area (Å²) < 4.78 is 0. The lowest BCUT2D eigenvalue weighted by Crippen LogP contribution is -2.10. The molecule has 5 heteroatoms. The van der Waals surface area contributed by atoms with Crippen LogP contribution in [0.5, 0.6) is 0 Å². The molecule has 0 aliphatic rings. The molecule has 15 heavy (non-hydrogen) atoms. The Kier molecular flexibility index (Phi) is 2.28. The van der Waals surface area contributed by atoms with Gasteiger partial charge in [0.2, 0.25) is 0 Å². The van der Waals surface area contributed by atoms with Gasteiger partial charge in [0.05, 0.1) is 15.9 Å². The monoisotopic (exact) mass is 222 g/mol. The Hall–Kier alpha value is -1.68. The highest BCUT2D eigenvalue weighted by atomic mass is 35.5. The minimum absolute atomic E-state index is 0.266. The molecule has 0 radical (unpaired) electrons. The van der Waals surface area contributed by atoms with Gasteiger partial charge < -0.3 is 4.98 Å². The number of nitrogens with zero attached hydrogens (tertiary/aromatic N) is 1. The summed E-state index contributed by atoms with van der Waals surface area (Å²) in [5.41, 5.74) is 0.518. The Bertz CT molecular complexity index is 604. The number of nitrogens with one attached hydrogen (secondary N) is 1. The van der Waals surface area contributed by atoms with Crippen LogP contribution in [0.15, 0.2) is 16.9 Å². The van der Waals surface area contributed by atoms with Gasteiger partial charge in [0, 0.05) is 5.56 Å². The lowest BCUT2D eigenvalue weighted by atomic mass is 10.1. The van der Waals surface area contributed by atoms with Gasteiger partial charge in [0.15, 0.2) is 6.29 Å². The minimum atomic E-state index is -0.266. The Morgan fingerprint density at radius 2 is 2.20 bits per heavy atom. The Labute approximate surface area is 89.9 Å². The SMILES string of the molecule is Cc1nc2cc(Cl)c(C=O)cc2c(=O)[nH]1. The van der Waals surface area contributed by atoms with Gasteiger partial charge in [-0.3, -0.25) is 9.59 Å². The molecule has 0 unspecified atom stereocenters. The average molecular weight is 223 g/mol. The summed E-state index contributed by atoms with van der Waals surface area (Å²) in [5, 5.41) is 0.669. The fraction of sp³-hybridized carbons (Fsp3) is 0.100. The van der Waals surface area contributed by atoms with Crippen molar-refractivity contribution in [2.75, 3.05) is 0 Å². The first kappa shape index (κ1) is 9.86.